The van der Waals surface area contributed by atoms with Gasteiger partial charge in [0.25, 0.3) is 0 Å². The Kier molecular flexibility index (Phi) is 9.04. The van der Waals surface area contributed by atoms with Gasteiger partial charge in [-0.2, -0.15) is 0 Å². The molecule has 0 bridgehead atoms. The second kappa shape index (κ2) is 11.9. The zero-order valence-electron chi connectivity index (χ0n) is 17.4. The lowest BCUT2D eigenvalue weighted by Crippen LogP contribution is -2.44. The summed E-state index contributed by atoms with van der Waals surface area (Å²) in [6, 6.07) is 9.73. The summed E-state index contributed by atoms with van der Waals surface area (Å²) in [4.78, 5) is 47.0. The van der Waals surface area contributed by atoms with Crippen molar-refractivity contribution in [2.45, 2.75) is 38.0 Å². The fourth-order valence-corrected chi connectivity index (χ4v) is 2.84. The van der Waals surface area contributed by atoms with Crippen molar-refractivity contribution in [2.75, 3.05) is 0 Å². The van der Waals surface area contributed by atoms with Crippen LogP contribution in [0.4, 0.5) is 4.79 Å². The molecule has 176 valence electrons. The van der Waals surface area contributed by atoms with Crippen LogP contribution in [0.1, 0.15) is 24.0 Å². The Balaban J connectivity index is 1.86. The minimum Gasteiger partial charge on any atom is -0.504 e. The number of carboxylic acid groups (broad SMARTS) is 2. The molecule has 0 aromatic heterocycles. The first-order chi connectivity index (χ1) is 15.7. The molecule has 0 unspecified atom stereocenters. The molecule has 11 nitrogen and oxygen atoms in total. The van der Waals surface area contributed by atoms with Gasteiger partial charge in [0.05, 0.1) is 0 Å². The first-order valence-corrected chi connectivity index (χ1v) is 9.88. The van der Waals surface area contributed by atoms with Gasteiger partial charge >= 0.3 is 18.0 Å². The number of ether oxygens (including phenoxy) is 1. The fourth-order valence-electron chi connectivity index (χ4n) is 2.84. The van der Waals surface area contributed by atoms with Crippen molar-refractivity contribution in [1.82, 2.24) is 10.6 Å². The molecule has 0 heterocycles. The van der Waals surface area contributed by atoms with Crippen molar-refractivity contribution in [2.24, 2.45) is 0 Å². The number of rotatable bonds is 11. The number of benzene rings is 2. The number of amides is 2. The highest BCUT2D eigenvalue weighted by molar-refractivity contribution is 5.85. The summed E-state index contributed by atoms with van der Waals surface area (Å²) < 4.78 is 4.97. The van der Waals surface area contributed by atoms with Crippen LogP contribution in [0.2, 0.25) is 0 Å². The van der Waals surface area contributed by atoms with Crippen LogP contribution in [0.5, 0.6) is 11.5 Å². The van der Waals surface area contributed by atoms with Crippen molar-refractivity contribution in [3.63, 3.8) is 0 Å². The second-order valence-corrected chi connectivity index (χ2v) is 7.12. The van der Waals surface area contributed by atoms with Crippen LogP contribution in [0.25, 0.3) is 0 Å². The van der Waals surface area contributed by atoms with E-state index in [1.54, 1.807) is 30.3 Å². The minimum atomic E-state index is -1.42. The molecule has 0 aliphatic heterocycles. The minimum absolute atomic E-state index is 0.0629. The molecule has 33 heavy (non-hydrogen) atoms. The van der Waals surface area contributed by atoms with Crippen LogP contribution < -0.4 is 10.6 Å². The van der Waals surface area contributed by atoms with E-state index < -0.39 is 41.8 Å². The zero-order valence-corrected chi connectivity index (χ0v) is 17.4. The highest BCUT2D eigenvalue weighted by Gasteiger charge is 2.25. The van der Waals surface area contributed by atoms with Gasteiger partial charge in [-0.15, -0.1) is 0 Å². The molecule has 2 atom stereocenters. The normalized spacial score (nSPS) is 12.2. The maximum Gasteiger partial charge on any atom is 0.408 e. The topological polar surface area (TPSA) is 182 Å². The van der Waals surface area contributed by atoms with E-state index in [2.05, 4.69) is 10.6 Å². The molecule has 2 aromatic rings. The maximum absolute atomic E-state index is 12.2. The summed E-state index contributed by atoms with van der Waals surface area (Å²) >= 11 is 0. The molecule has 0 saturated heterocycles. The van der Waals surface area contributed by atoms with Crippen molar-refractivity contribution in [3.8, 4) is 11.5 Å². The van der Waals surface area contributed by atoms with Gasteiger partial charge in [-0.05, 0) is 29.7 Å². The van der Waals surface area contributed by atoms with Crippen LogP contribution in [0, 0.1) is 0 Å². The fraction of sp³-hybridized carbons (Fsp3) is 0.273. The van der Waals surface area contributed by atoms with Crippen molar-refractivity contribution in [3.05, 3.63) is 59.7 Å². The molecule has 0 radical (unpaired) electrons. The number of phenols is 2. The molecule has 0 spiro atoms. The average Bonchev–Trinajstić information content (AvgIpc) is 2.77. The van der Waals surface area contributed by atoms with Crippen LogP contribution >= 0.6 is 0 Å². The standard InChI is InChI=1S/C22H24N2O9/c25-17-8-6-14(11-18(17)26)10-16(21(30)31)23-19(27)9-7-15(20(28)29)24-22(32)33-12-13-4-2-1-3-5-13/h1-6,8,11,15-16,25-26H,7,9-10,12H2,(H,23,27)(H,24,32)(H,28,29)(H,30,31)/t15-,16-/m0/s1. The first kappa shape index (κ1) is 25.0. The molecule has 0 aliphatic carbocycles. The third-order valence-electron chi connectivity index (χ3n) is 4.58. The van der Waals surface area contributed by atoms with Gasteiger partial charge in [0.1, 0.15) is 18.7 Å². The molecular weight excluding hydrogens is 436 g/mol. The van der Waals surface area contributed by atoms with E-state index in [1.165, 1.54) is 18.2 Å². The Labute approximate surface area is 188 Å². The summed E-state index contributed by atoms with van der Waals surface area (Å²) in [5.41, 5.74) is 1.06. The number of aromatic hydroxyl groups is 2. The van der Waals surface area contributed by atoms with Gasteiger partial charge in [-0.1, -0.05) is 36.4 Å². The lowest BCUT2D eigenvalue weighted by molar-refractivity contribution is -0.142. The third-order valence-corrected chi connectivity index (χ3v) is 4.58. The van der Waals surface area contributed by atoms with E-state index in [0.717, 1.165) is 0 Å². The van der Waals surface area contributed by atoms with Crippen LogP contribution in [-0.2, 0) is 32.1 Å². The van der Waals surface area contributed by atoms with Gasteiger partial charge in [-0.3, -0.25) is 4.79 Å². The number of nitrogens with one attached hydrogen (secondary N) is 2. The number of hydrogen-bond acceptors (Lipinski definition) is 7. The van der Waals surface area contributed by atoms with Gasteiger partial charge < -0.3 is 35.8 Å². The largest absolute Gasteiger partial charge is 0.504 e. The number of alkyl carbamates (subject to hydrolysis) is 1. The molecule has 2 rings (SSSR count). The van der Waals surface area contributed by atoms with E-state index in [0.29, 0.717) is 11.1 Å². The van der Waals surface area contributed by atoms with Gasteiger partial charge in [0.2, 0.25) is 5.91 Å². The van der Waals surface area contributed by atoms with Crippen LogP contribution in [-0.4, -0.2) is 56.4 Å². The summed E-state index contributed by atoms with van der Waals surface area (Å²) in [6.07, 6.45) is -1.82. The Morgan fingerprint density at radius 3 is 2.09 bits per heavy atom. The van der Waals surface area contributed by atoms with E-state index in [9.17, 15) is 39.6 Å². The monoisotopic (exact) mass is 460 g/mol. The van der Waals surface area contributed by atoms with E-state index >= 15 is 0 Å². The molecule has 0 saturated carbocycles. The Morgan fingerprint density at radius 1 is 0.818 bits per heavy atom. The van der Waals surface area contributed by atoms with Crippen LogP contribution in [0.15, 0.2) is 48.5 Å². The summed E-state index contributed by atoms with van der Waals surface area (Å²) in [5, 5.41) is 41.9. The van der Waals surface area contributed by atoms with E-state index in [1.807, 2.05) is 0 Å². The first-order valence-electron chi connectivity index (χ1n) is 9.88. The predicted molar refractivity (Wildman–Crippen MR) is 113 cm³/mol. The highest BCUT2D eigenvalue weighted by atomic mass is 16.5. The van der Waals surface area contributed by atoms with Gasteiger partial charge in [0, 0.05) is 12.8 Å². The van der Waals surface area contributed by atoms with Gasteiger partial charge in [0.15, 0.2) is 11.5 Å². The number of carboxylic acids is 2. The van der Waals surface area contributed by atoms with Crippen molar-refractivity contribution in [1.29, 1.82) is 0 Å². The van der Waals surface area contributed by atoms with E-state index in [-0.39, 0.29) is 31.6 Å². The van der Waals surface area contributed by atoms with E-state index in [4.69, 9.17) is 4.74 Å². The number of carbonyl (C=O) groups excluding carboxylic acids is 2. The maximum atomic E-state index is 12.2. The molecule has 0 fully saturated rings. The summed E-state index contributed by atoms with van der Waals surface area (Å²) in [7, 11) is 0. The quantitative estimate of drug-likeness (QED) is 0.270. The number of carbonyl (C=O) groups is 4. The molecule has 0 aliphatic rings. The molecular formula is C22H24N2O9. The highest BCUT2D eigenvalue weighted by Crippen LogP contribution is 2.25. The Morgan fingerprint density at radius 2 is 1.48 bits per heavy atom. The van der Waals surface area contributed by atoms with Crippen LogP contribution in [0.3, 0.4) is 0 Å². The number of aliphatic carboxylic acids is 2. The molecule has 11 heteroatoms. The smallest absolute Gasteiger partial charge is 0.408 e. The molecule has 6 N–H and O–H groups in total. The van der Waals surface area contributed by atoms with Crippen molar-refractivity contribution >= 4 is 23.9 Å². The zero-order chi connectivity index (χ0) is 24.4. The summed E-state index contributed by atoms with van der Waals surface area (Å²) in [5.74, 6) is -4.26. The Bertz CT molecular complexity index is 995. The lowest BCUT2D eigenvalue weighted by atomic mass is 10.0. The summed E-state index contributed by atoms with van der Waals surface area (Å²) in [6.45, 7) is -0.0629. The molecule has 2 aromatic carbocycles. The number of phenolic OH excluding ortho intramolecular Hbond substituents is 2. The SMILES string of the molecule is O=C(CC[C@H](NC(=O)OCc1ccccc1)C(=O)O)N[C@@H](Cc1ccc(O)c(O)c1)C(=O)O. The average molecular weight is 460 g/mol. The Hall–Kier alpha value is -4.28. The lowest BCUT2D eigenvalue weighted by Gasteiger charge is -2.17. The second-order valence-electron chi connectivity index (χ2n) is 7.12. The van der Waals surface area contributed by atoms with Crippen molar-refractivity contribution < 1.29 is 44.3 Å². The number of hydrogen-bond donors (Lipinski definition) is 6. The predicted octanol–water partition coefficient (Wildman–Crippen LogP) is 1.37. The third kappa shape index (κ3) is 8.40. The molecule has 2 amide bonds. The van der Waals surface area contributed by atoms with Gasteiger partial charge in [-0.25, -0.2) is 14.4 Å².